The average Bonchev–Trinajstić information content (AvgIpc) is 2.53. The van der Waals surface area contributed by atoms with Crippen LogP contribution in [-0.4, -0.2) is 22.7 Å². The number of non-ortho nitro benzene ring substituents is 1. The van der Waals surface area contributed by atoms with Crippen LogP contribution in [0.3, 0.4) is 0 Å². The molecule has 1 heterocycles. The van der Waals surface area contributed by atoms with Crippen LogP contribution in [0.1, 0.15) is 45.6 Å². The van der Waals surface area contributed by atoms with Gasteiger partial charge >= 0.3 is 5.97 Å². The molecule has 0 aromatic heterocycles. The number of hydrogen-bond donors (Lipinski definition) is 1. The normalized spacial score (nSPS) is 17.4. The lowest BCUT2D eigenvalue weighted by molar-refractivity contribution is -0.384. The van der Waals surface area contributed by atoms with Gasteiger partial charge in [0.05, 0.1) is 28.2 Å². The number of hydrazone groups is 1. The predicted molar refractivity (Wildman–Crippen MR) is 90.6 cm³/mol. The smallest absolute Gasteiger partial charge is 0.337 e. The number of nitro benzene ring substituents is 1. The Balaban J connectivity index is 2.53. The van der Waals surface area contributed by atoms with E-state index >= 15 is 0 Å². The van der Waals surface area contributed by atoms with E-state index in [2.05, 4.69) is 10.5 Å². The summed E-state index contributed by atoms with van der Waals surface area (Å²) in [7, 11) is 0. The fourth-order valence-corrected chi connectivity index (χ4v) is 2.67. The van der Waals surface area contributed by atoms with Crippen LogP contribution in [0.15, 0.2) is 40.6 Å². The summed E-state index contributed by atoms with van der Waals surface area (Å²) in [5.74, 6) is -0.894. The molecule has 7 heteroatoms. The molecule has 0 radical (unpaired) electrons. The van der Waals surface area contributed by atoms with Crippen LogP contribution >= 0.6 is 0 Å². The number of hydrogen-bond acceptors (Lipinski definition) is 6. The topological polar surface area (TPSA) is 93.8 Å². The van der Waals surface area contributed by atoms with Gasteiger partial charge in [0.1, 0.15) is 0 Å². The van der Waals surface area contributed by atoms with Crippen LogP contribution < -0.4 is 5.43 Å². The third-order valence-corrected chi connectivity index (χ3v) is 3.73. The van der Waals surface area contributed by atoms with Gasteiger partial charge in [-0.3, -0.25) is 15.5 Å². The Hall–Kier alpha value is -2.70. The summed E-state index contributed by atoms with van der Waals surface area (Å²) >= 11 is 0. The summed E-state index contributed by atoms with van der Waals surface area (Å²) in [6, 6.07) is 6.29. The van der Waals surface area contributed by atoms with E-state index in [1.54, 1.807) is 32.9 Å². The summed E-state index contributed by atoms with van der Waals surface area (Å²) in [5.41, 5.74) is 5.26. The van der Waals surface area contributed by atoms with Crippen LogP contribution in [-0.2, 0) is 9.53 Å². The fourth-order valence-electron chi connectivity index (χ4n) is 2.67. The molecular formula is C17H21N3O4. The second-order valence-electron chi connectivity index (χ2n) is 5.85. The second kappa shape index (κ2) is 7.25. The van der Waals surface area contributed by atoms with Crippen molar-refractivity contribution in [3.63, 3.8) is 0 Å². The lowest BCUT2D eigenvalue weighted by Crippen LogP contribution is -2.31. The SMILES string of the molecule is CCC1=NNC(C)=C(C(=O)OC(C)C)C1c1cccc([N+](=O)[O-])c1. The average molecular weight is 331 g/mol. The van der Waals surface area contributed by atoms with Crippen LogP contribution in [0, 0.1) is 10.1 Å². The zero-order valence-corrected chi connectivity index (χ0v) is 14.2. The van der Waals surface area contributed by atoms with E-state index in [0.29, 0.717) is 23.3 Å². The van der Waals surface area contributed by atoms with Gasteiger partial charge < -0.3 is 4.74 Å². The third-order valence-electron chi connectivity index (χ3n) is 3.73. The number of benzene rings is 1. The van der Waals surface area contributed by atoms with Crippen LogP contribution in [0.5, 0.6) is 0 Å². The summed E-state index contributed by atoms with van der Waals surface area (Å²) in [4.78, 5) is 23.2. The van der Waals surface area contributed by atoms with Crippen LogP contribution in [0.4, 0.5) is 5.69 Å². The Morgan fingerprint density at radius 3 is 2.75 bits per heavy atom. The number of nitrogens with one attached hydrogen (secondary N) is 1. The number of nitro groups is 1. The third kappa shape index (κ3) is 3.61. The quantitative estimate of drug-likeness (QED) is 0.507. The first-order valence-corrected chi connectivity index (χ1v) is 7.83. The molecular weight excluding hydrogens is 310 g/mol. The molecule has 1 unspecified atom stereocenters. The van der Waals surface area contributed by atoms with Gasteiger partial charge in [0, 0.05) is 17.8 Å². The number of esters is 1. The number of carbonyl (C=O) groups excluding carboxylic acids is 1. The van der Waals surface area contributed by atoms with E-state index < -0.39 is 16.8 Å². The van der Waals surface area contributed by atoms with Crippen molar-refractivity contribution in [2.75, 3.05) is 0 Å². The van der Waals surface area contributed by atoms with Crippen molar-refractivity contribution in [3.05, 3.63) is 51.2 Å². The minimum absolute atomic E-state index is 0.0179. The summed E-state index contributed by atoms with van der Waals surface area (Å²) in [5, 5.41) is 15.4. The first kappa shape index (κ1) is 17.7. The molecule has 0 saturated heterocycles. The molecule has 1 N–H and O–H groups in total. The Morgan fingerprint density at radius 1 is 1.46 bits per heavy atom. The Morgan fingerprint density at radius 2 is 2.17 bits per heavy atom. The van der Waals surface area contributed by atoms with Gasteiger partial charge in [0.25, 0.3) is 5.69 Å². The van der Waals surface area contributed by atoms with Crippen molar-refractivity contribution in [2.24, 2.45) is 5.10 Å². The maximum atomic E-state index is 12.6. The van der Waals surface area contributed by atoms with Crippen molar-refractivity contribution in [1.82, 2.24) is 5.43 Å². The zero-order valence-electron chi connectivity index (χ0n) is 14.2. The van der Waals surface area contributed by atoms with Gasteiger partial charge in [0.15, 0.2) is 0 Å². The van der Waals surface area contributed by atoms with Crippen molar-refractivity contribution >= 4 is 17.4 Å². The Bertz CT molecular complexity index is 722. The van der Waals surface area contributed by atoms with E-state index in [1.807, 2.05) is 6.92 Å². The van der Waals surface area contributed by atoms with E-state index in [0.717, 1.165) is 5.71 Å². The molecule has 1 aromatic rings. The highest BCUT2D eigenvalue weighted by molar-refractivity contribution is 6.04. The highest BCUT2D eigenvalue weighted by Gasteiger charge is 2.33. The van der Waals surface area contributed by atoms with Crippen molar-refractivity contribution in [2.45, 2.75) is 46.1 Å². The molecule has 0 bridgehead atoms. The van der Waals surface area contributed by atoms with Gasteiger partial charge in [-0.15, -0.1) is 0 Å². The minimum atomic E-state index is -0.456. The Labute approximate surface area is 140 Å². The number of allylic oxidation sites excluding steroid dienone is 1. The van der Waals surface area contributed by atoms with Crippen molar-refractivity contribution in [1.29, 1.82) is 0 Å². The monoisotopic (exact) mass is 331 g/mol. The van der Waals surface area contributed by atoms with Gasteiger partial charge in [-0.2, -0.15) is 5.10 Å². The molecule has 0 fully saturated rings. The maximum absolute atomic E-state index is 12.6. The molecule has 0 saturated carbocycles. The predicted octanol–water partition coefficient (Wildman–Crippen LogP) is 3.27. The highest BCUT2D eigenvalue weighted by atomic mass is 16.6. The molecule has 0 aliphatic carbocycles. The molecule has 1 atom stereocenters. The summed E-state index contributed by atoms with van der Waals surface area (Å²) < 4.78 is 5.36. The van der Waals surface area contributed by atoms with Gasteiger partial charge in [-0.1, -0.05) is 19.1 Å². The lowest BCUT2D eigenvalue weighted by Gasteiger charge is -2.27. The standard InChI is InChI=1S/C17H21N3O4/c1-5-14-16(12-7-6-8-13(9-12)20(22)23)15(11(4)18-19-14)17(21)24-10(2)3/h6-10,16,18H,5H2,1-4H3. The van der Waals surface area contributed by atoms with Gasteiger partial charge in [-0.25, -0.2) is 4.79 Å². The first-order chi connectivity index (χ1) is 11.3. The molecule has 128 valence electrons. The molecule has 1 aliphatic heterocycles. The minimum Gasteiger partial charge on any atom is -0.460 e. The zero-order chi connectivity index (χ0) is 17.9. The van der Waals surface area contributed by atoms with Crippen LogP contribution in [0.25, 0.3) is 0 Å². The van der Waals surface area contributed by atoms with E-state index in [9.17, 15) is 14.9 Å². The van der Waals surface area contributed by atoms with Crippen LogP contribution in [0.2, 0.25) is 0 Å². The fraction of sp³-hybridized carbons (Fsp3) is 0.412. The summed E-state index contributed by atoms with van der Waals surface area (Å²) in [6.07, 6.45) is 0.346. The first-order valence-electron chi connectivity index (χ1n) is 7.83. The molecule has 0 amide bonds. The molecule has 24 heavy (non-hydrogen) atoms. The lowest BCUT2D eigenvalue weighted by atomic mass is 9.83. The molecule has 1 aliphatic rings. The Kier molecular flexibility index (Phi) is 5.33. The molecule has 1 aromatic carbocycles. The van der Waals surface area contributed by atoms with E-state index in [-0.39, 0.29) is 11.8 Å². The van der Waals surface area contributed by atoms with Crippen molar-refractivity contribution < 1.29 is 14.5 Å². The van der Waals surface area contributed by atoms with E-state index in [1.165, 1.54) is 12.1 Å². The number of ether oxygens (including phenoxy) is 1. The largest absolute Gasteiger partial charge is 0.460 e. The summed E-state index contributed by atoms with van der Waals surface area (Å²) in [6.45, 7) is 7.23. The molecule has 2 rings (SSSR count). The molecule has 7 nitrogen and oxygen atoms in total. The maximum Gasteiger partial charge on any atom is 0.337 e. The number of rotatable bonds is 5. The molecule has 0 spiro atoms. The second-order valence-corrected chi connectivity index (χ2v) is 5.85. The number of nitrogens with zero attached hydrogens (tertiary/aromatic N) is 2. The van der Waals surface area contributed by atoms with Gasteiger partial charge in [0.2, 0.25) is 0 Å². The van der Waals surface area contributed by atoms with E-state index in [4.69, 9.17) is 4.74 Å². The van der Waals surface area contributed by atoms with Gasteiger partial charge in [-0.05, 0) is 32.8 Å². The van der Waals surface area contributed by atoms with Crippen molar-refractivity contribution in [3.8, 4) is 0 Å². The number of carbonyl (C=O) groups is 1. The highest BCUT2D eigenvalue weighted by Crippen LogP contribution is 2.34.